The SMILES string of the molecule is COC(=O)c1ccc2c(c1)CC(C(=O)OC)OC2=O. The van der Waals surface area contributed by atoms with Crippen LogP contribution < -0.4 is 0 Å². The van der Waals surface area contributed by atoms with Crippen LogP contribution in [0.15, 0.2) is 18.2 Å². The van der Waals surface area contributed by atoms with E-state index in [1.54, 1.807) is 0 Å². The number of hydrogen-bond donors (Lipinski definition) is 0. The number of carbonyl (C=O) groups excluding carboxylic acids is 3. The van der Waals surface area contributed by atoms with Gasteiger partial charge < -0.3 is 14.2 Å². The van der Waals surface area contributed by atoms with Crippen LogP contribution in [0.25, 0.3) is 0 Å². The third kappa shape index (κ3) is 2.42. The van der Waals surface area contributed by atoms with Crippen molar-refractivity contribution in [3.63, 3.8) is 0 Å². The van der Waals surface area contributed by atoms with E-state index in [9.17, 15) is 14.4 Å². The number of esters is 3. The minimum atomic E-state index is -0.974. The summed E-state index contributed by atoms with van der Waals surface area (Å²) in [6.07, 6.45) is -0.795. The van der Waals surface area contributed by atoms with E-state index in [-0.39, 0.29) is 6.42 Å². The molecule has 1 aromatic rings. The molecular weight excluding hydrogens is 252 g/mol. The Hall–Kier alpha value is -2.37. The van der Waals surface area contributed by atoms with Crippen LogP contribution in [-0.2, 0) is 25.4 Å². The quantitative estimate of drug-likeness (QED) is 0.578. The van der Waals surface area contributed by atoms with Gasteiger partial charge in [0.25, 0.3) is 0 Å². The van der Waals surface area contributed by atoms with E-state index in [2.05, 4.69) is 9.47 Å². The molecule has 0 aromatic heterocycles. The van der Waals surface area contributed by atoms with E-state index in [4.69, 9.17) is 4.74 Å². The van der Waals surface area contributed by atoms with Crippen molar-refractivity contribution < 1.29 is 28.6 Å². The van der Waals surface area contributed by atoms with Gasteiger partial charge >= 0.3 is 17.9 Å². The molecule has 1 heterocycles. The minimum Gasteiger partial charge on any atom is -0.466 e. The standard InChI is InChI=1S/C13H12O6/c1-17-11(14)7-3-4-9-8(5-7)6-10(13(16)18-2)19-12(9)15/h3-5,10H,6H2,1-2H3. The molecule has 1 aromatic carbocycles. The molecule has 100 valence electrons. The molecule has 0 spiro atoms. The second kappa shape index (κ2) is 5.09. The lowest BCUT2D eigenvalue weighted by atomic mass is 9.96. The van der Waals surface area contributed by atoms with E-state index < -0.39 is 24.0 Å². The largest absolute Gasteiger partial charge is 0.466 e. The van der Waals surface area contributed by atoms with Gasteiger partial charge in [0.05, 0.1) is 25.3 Å². The molecule has 0 bridgehead atoms. The average molecular weight is 264 g/mol. The summed E-state index contributed by atoms with van der Waals surface area (Å²) in [7, 11) is 2.49. The Labute approximate surface area is 109 Å². The highest BCUT2D eigenvalue weighted by atomic mass is 16.6. The molecule has 1 atom stereocenters. The summed E-state index contributed by atoms with van der Waals surface area (Å²) in [4.78, 5) is 34.5. The van der Waals surface area contributed by atoms with Crippen molar-refractivity contribution in [3.05, 3.63) is 34.9 Å². The van der Waals surface area contributed by atoms with E-state index in [0.717, 1.165) is 0 Å². The maximum atomic E-state index is 11.7. The molecule has 6 nitrogen and oxygen atoms in total. The maximum absolute atomic E-state index is 11.7. The molecule has 0 amide bonds. The molecule has 6 heteroatoms. The molecule has 0 saturated carbocycles. The number of benzene rings is 1. The Bertz CT molecular complexity index is 548. The first kappa shape index (κ1) is 13.1. The Kier molecular flexibility index (Phi) is 3.50. The fourth-order valence-electron chi connectivity index (χ4n) is 1.90. The average Bonchev–Trinajstić information content (AvgIpc) is 2.44. The van der Waals surface area contributed by atoms with Crippen molar-refractivity contribution in [2.24, 2.45) is 0 Å². The molecule has 19 heavy (non-hydrogen) atoms. The first-order valence-corrected chi connectivity index (χ1v) is 5.57. The van der Waals surface area contributed by atoms with Crippen LogP contribution >= 0.6 is 0 Å². The number of fused-ring (bicyclic) bond motifs is 1. The van der Waals surface area contributed by atoms with Crippen LogP contribution in [0.5, 0.6) is 0 Å². The van der Waals surface area contributed by atoms with Gasteiger partial charge in [0, 0.05) is 6.42 Å². The van der Waals surface area contributed by atoms with Crippen LogP contribution in [0.4, 0.5) is 0 Å². The zero-order valence-electron chi connectivity index (χ0n) is 10.5. The van der Waals surface area contributed by atoms with Gasteiger partial charge in [-0.3, -0.25) is 0 Å². The van der Waals surface area contributed by atoms with Crippen LogP contribution in [0.2, 0.25) is 0 Å². The molecular formula is C13H12O6. The van der Waals surface area contributed by atoms with Crippen LogP contribution in [0.1, 0.15) is 26.3 Å². The predicted molar refractivity (Wildman–Crippen MR) is 62.7 cm³/mol. The summed E-state index contributed by atoms with van der Waals surface area (Å²) in [6.45, 7) is 0. The number of hydrogen-bond acceptors (Lipinski definition) is 6. The molecule has 1 aliphatic heterocycles. The van der Waals surface area contributed by atoms with Gasteiger partial charge in [-0.1, -0.05) is 0 Å². The van der Waals surface area contributed by atoms with Gasteiger partial charge in [-0.2, -0.15) is 0 Å². The highest BCUT2D eigenvalue weighted by Crippen LogP contribution is 2.23. The summed E-state index contributed by atoms with van der Waals surface area (Å²) >= 11 is 0. The fourth-order valence-corrected chi connectivity index (χ4v) is 1.90. The van der Waals surface area contributed by atoms with E-state index in [0.29, 0.717) is 16.7 Å². The Morgan fingerprint density at radius 3 is 2.63 bits per heavy atom. The van der Waals surface area contributed by atoms with Gasteiger partial charge in [-0.15, -0.1) is 0 Å². The molecule has 1 unspecified atom stereocenters. The van der Waals surface area contributed by atoms with Crippen molar-refractivity contribution in [1.82, 2.24) is 0 Å². The van der Waals surface area contributed by atoms with Crippen molar-refractivity contribution in [1.29, 1.82) is 0 Å². The van der Waals surface area contributed by atoms with E-state index in [1.807, 2.05) is 0 Å². The van der Waals surface area contributed by atoms with Gasteiger partial charge in [0.15, 0.2) is 0 Å². The second-order valence-corrected chi connectivity index (χ2v) is 3.98. The highest BCUT2D eigenvalue weighted by molar-refractivity contribution is 5.97. The normalized spacial score (nSPS) is 17.2. The summed E-state index contributed by atoms with van der Waals surface area (Å²) < 4.78 is 14.1. The summed E-state index contributed by atoms with van der Waals surface area (Å²) in [5.41, 5.74) is 1.22. The van der Waals surface area contributed by atoms with Crippen LogP contribution in [0.3, 0.4) is 0 Å². The van der Waals surface area contributed by atoms with Crippen molar-refractivity contribution >= 4 is 17.9 Å². The maximum Gasteiger partial charge on any atom is 0.347 e. The Balaban J connectivity index is 2.35. The Morgan fingerprint density at radius 2 is 2.00 bits per heavy atom. The molecule has 0 fully saturated rings. The highest BCUT2D eigenvalue weighted by Gasteiger charge is 2.32. The number of ether oxygens (including phenoxy) is 3. The summed E-state index contributed by atoms with van der Waals surface area (Å²) in [5.74, 6) is -1.73. The third-order valence-electron chi connectivity index (χ3n) is 2.86. The van der Waals surface area contributed by atoms with E-state index >= 15 is 0 Å². The molecule has 0 saturated heterocycles. The Morgan fingerprint density at radius 1 is 1.26 bits per heavy atom. The lowest BCUT2D eigenvalue weighted by Gasteiger charge is -2.22. The smallest absolute Gasteiger partial charge is 0.347 e. The van der Waals surface area contributed by atoms with Gasteiger partial charge in [-0.25, -0.2) is 14.4 Å². The number of cyclic esters (lactones) is 1. The van der Waals surface area contributed by atoms with Crippen molar-refractivity contribution in [3.8, 4) is 0 Å². The summed E-state index contributed by atoms with van der Waals surface area (Å²) in [6, 6.07) is 4.49. The van der Waals surface area contributed by atoms with Crippen molar-refractivity contribution in [2.45, 2.75) is 12.5 Å². The van der Waals surface area contributed by atoms with E-state index in [1.165, 1.54) is 32.4 Å². The van der Waals surface area contributed by atoms with Crippen LogP contribution in [-0.4, -0.2) is 38.2 Å². The number of carbonyl (C=O) groups is 3. The number of rotatable bonds is 2. The molecule has 0 N–H and O–H groups in total. The fraction of sp³-hybridized carbons (Fsp3) is 0.308. The first-order valence-electron chi connectivity index (χ1n) is 5.57. The monoisotopic (exact) mass is 264 g/mol. The second-order valence-electron chi connectivity index (χ2n) is 3.98. The van der Waals surface area contributed by atoms with Crippen molar-refractivity contribution in [2.75, 3.05) is 14.2 Å². The third-order valence-corrected chi connectivity index (χ3v) is 2.86. The zero-order valence-corrected chi connectivity index (χ0v) is 10.5. The predicted octanol–water partition coefficient (Wildman–Crippen LogP) is 0.728. The molecule has 2 rings (SSSR count). The topological polar surface area (TPSA) is 78.9 Å². The van der Waals surface area contributed by atoms with Gasteiger partial charge in [-0.05, 0) is 23.8 Å². The molecule has 0 aliphatic carbocycles. The minimum absolute atomic E-state index is 0.179. The van der Waals surface area contributed by atoms with Crippen LogP contribution in [0, 0.1) is 0 Å². The zero-order chi connectivity index (χ0) is 14.0. The lowest BCUT2D eigenvalue weighted by Crippen LogP contribution is -2.35. The summed E-state index contributed by atoms with van der Waals surface area (Å²) in [5, 5.41) is 0. The lowest BCUT2D eigenvalue weighted by molar-refractivity contribution is -0.151. The molecule has 0 radical (unpaired) electrons. The number of methoxy groups -OCH3 is 2. The van der Waals surface area contributed by atoms with Gasteiger partial charge in [0.2, 0.25) is 6.10 Å². The first-order chi connectivity index (χ1) is 9.06. The van der Waals surface area contributed by atoms with Gasteiger partial charge in [0.1, 0.15) is 0 Å². The molecule has 1 aliphatic rings.